The van der Waals surface area contributed by atoms with E-state index in [4.69, 9.17) is 9.47 Å². The van der Waals surface area contributed by atoms with Crippen LogP contribution in [0.1, 0.15) is 6.42 Å². The van der Waals surface area contributed by atoms with E-state index >= 15 is 0 Å². The summed E-state index contributed by atoms with van der Waals surface area (Å²) in [6.07, 6.45) is 0.851. The molecular weight excluding hydrogens is 322 g/mol. The number of likely N-dealkylation sites (tertiary alicyclic amines) is 1. The Bertz CT molecular complexity index is 575. The molecule has 2 aliphatic rings. The summed E-state index contributed by atoms with van der Waals surface area (Å²) >= 11 is 0. The summed E-state index contributed by atoms with van der Waals surface area (Å²) in [6, 6.07) is 9.20. The van der Waals surface area contributed by atoms with Gasteiger partial charge >= 0.3 is 0 Å². The fraction of sp³-hybridized carbons (Fsp3) is 0.556. The Morgan fingerprint density at radius 2 is 1.96 bits per heavy atom. The van der Waals surface area contributed by atoms with Crippen LogP contribution >= 0.6 is 0 Å². The van der Waals surface area contributed by atoms with E-state index in [1.54, 1.807) is 0 Å². The zero-order valence-electron chi connectivity index (χ0n) is 14.4. The molecule has 2 amide bonds. The highest BCUT2D eigenvalue weighted by Crippen LogP contribution is 2.18. The average Bonchev–Trinajstić information content (AvgIpc) is 3.02. The van der Waals surface area contributed by atoms with Crippen molar-refractivity contribution in [2.45, 2.75) is 12.5 Å². The van der Waals surface area contributed by atoms with Crippen LogP contribution in [0.5, 0.6) is 5.75 Å². The van der Waals surface area contributed by atoms with Gasteiger partial charge in [-0.2, -0.15) is 0 Å². The standard InChI is InChI=1S/C18H25N3O4/c22-17(14-25-15-4-2-1-3-5-15)19-7-9-21-8-6-16(18(21)23)20-10-12-24-13-11-20/h1-5,16H,6-14H2,(H,19,22). The number of hydrogen-bond donors (Lipinski definition) is 1. The largest absolute Gasteiger partial charge is 0.484 e. The number of morpholine rings is 1. The maximum atomic E-state index is 12.5. The smallest absolute Gasteiger partial charge is 0.258 e. The first-order valence-corrected chi connectivity index (χ1v) is 8.79. The minimum Gasteiger partial charge on any atom is -0.484 e. The molecule has 1 aromatic rings. The van der Waals surface area contributed by atoms with Gasteiger partial charge in [0, 0.05) is 32.7 Å². The Balaban J connectivity index is 1.34. The summed E-state index contributed by atoms with van der Waals surface area (Å²) in [4.78, 5) is 28.4. The molecule has 1 aromatic carbocycles. The van der Waals surface area contributed by atoms with Crippen LogP contribution < -0.4 is 10.1 Å². The second-order valence-corrected chi connectivity index (χ2v) is 6.23. The molecule has 1 atom stereocenters. The van der Waals surface area contributed by atoms with E-state index < -0.39 is 0 Å². The molecule has 1 unspecified atom stereocenters. The highest BCUT2D eigenvalue weighted by atomic mass is 16.5. The number of nitrogens with zero attached hydrogens (tertiary/aromatic N) is 2. The first-order chi connectivity index (χ1) is 12.2. The van der Waals surface area contributed by atoms with Gasteiger partial charge in [-0.05, 0) is 18.6 Å². The zero-order valence-corrected chi connectivity index (χ0v) is 14.4. The Morgan fingerprint density at radius 1 is 1.20 bits per heavy atom. The molecule has 7 nitrogen and oxygen atoms in total. The van der Waals surface area contributed by atoms with Crippen LogP contribution in [0.3, 0.4) is 0 Å². The van der Waals surface area contributed by atoms with Crippen molar-refractivity contribution in [1.29, 1.82) is 0 Å². The summed E-state index contributed by atoms with van der Waals surface area (Å²) in [7, 11) is 0. The molecule has 0 bridgehead atoms. The topological polar surface area (TPSA) is 71.1 Å². The molecule has 2 heterocycles. The molecular formula is C18H25N3O4. The van der Waals surface area contributed by atoms with Crippen molar-refractivity contribution in [3.63, 3.8) is 0 Å². The van der Waals surface area contributed by atoms with Gasteiger partial charge in [-0.1, -0.05) is 18.2 Å². The van der Waals surface area contributed by atoms with E-state index in [0.717, 1.165) is 26.1 Å². The number of carbonyl (C=O) groups is 2. The van der Waals surface area contributed by atoms with Gasteiger partial charge in [0.2, 0.25) is 5.91 Å². The monoisotopic (exact) mass is 347 g/mol. The molecule has 0 spiro atoms. The van der Waals surface area contributed by atoms with E-state index in [0.29, 0.717) is 32.1 Å². The van der Waals surface area contributed by atoms with Gasteiger partial charge in [0.25, 0.3) is 5.91 Å². The van der Waals surface area contributed by atoms with Crippen molar-refractivity contribution < 1.29 is 19.1 Å². The van der Waals surface area contributed by atoms with Crippen LogP contribution in [0.4, 0.5) is 0 Å². The van der Waals surface area contributed by atoms with Crippen LogP contribution in [-0.4, -0.2) is 80.2 Å². The first-order valence-electron chi connectivity index (χ1n) is 8.79. The van der Waals surface area contributed by atoms with Crippen LogP contribution in [0.15, 0.2) is 30.3 Å². The fourth-order valence-electron chi connectivity index (χ4n) is 3.22. The third kappa shape index (κ3) is 4.93. The lowest BCUT2D eigenvalue weighted by Gasteiger charge is -2.31. The van der Waals surface area contributed by atoms with Gasteiger partial charge < -0.3 is 19.7 Å². The van der Waals surface area contributed by atoms with E-state index in [2.05, 4.69) is 10.2 Å². The van der Waals surface area contributed by atoms with Crippen LogP contribution in [0, 0.1) is 0 Å². The van der Waals surface area contributed by atoms with Crippen molar-refractivity contribution in [2.75, 3.05) is 52.5 Å². The van der Waals surface area contributed by atoms with Gasteiger partial charge in [-0.25, -0.2) is 0 Å². The zero-order chi connectivity index (χ0) is 17.5. The molecule has 0 aliphatic carbocycles. The molecule has 0 radical (unpaired) electrons. The Hall–Kier alpha value is -2.12. The molecule has 0 aromatic heterocycles. The Morgan fingerprint density at radius 3 is 2.72 bits per heavy atom. The predicted molar refractivity (Wildman–Crippen MR) is 92.3 cm³/mol. The lowest BCUT2D eigenvalue weighted by atomic mass is 10.2. The number of carbonyl (C=O) groups excluding carboxylic acids is 2. The van der Waals surface area contributed by atoms with Gasteiger partial charge in [-0.15, -0.1) is 0 Å². The first kappa shape index (κ1) is 17.7. The van der Waals surface area contributed by atoms with Gasteiger partial charge in [-0.3, -0.25) is 14.5 Å². The fourth-order valence-corrected chi connectivity index (χ4v) is 3.22. The van der Waals surface area contributed by atoms with Gasteiger partial charge in [0.05, 0.1) is 19.3 Å². The van der Waals surface area contributed by atoms with E-state index in [1.165, 1.54) is 0 Å². The van der Waals surface area contributed by atoms with E-state index in [-0.39, 0.29) is 24.5 Å². The van der Waals surface area contributed by atoms with Crippen LogP contribution in [0.2, 0.25) is 0 Å². The Kier molecular flexibility index (Phi) is 6.25. The van der Waals surface area contributed by atoms with Crippen molar-refractivity contribution in [2.24, 2.45) is 0 Å². The van der Waals surface area contributed by atoms with Crippen molar-refractivity contribution in [1.82, 2.24) is 15.1 Å². The maximum absolute atomic E-state index is 12.5. The number of para-hydroxylation sites is 1. The summed E-state index contributed by atoms with van der Waals surface area (Å²) in [5.41, 5.74) is 0. The third-order valence-corrected chi connectivity index (χ3v) is 4.57. The van der Waals surface area contributed by atoms with E-state index in [1.807, 2.05) is 35.2 Å². The number of rotatable bonds is 7. The lowest BCUT2D eigenvalue weighted by Crippen LogP contribution is -2.48. The maximum Gasteiger partial charge on any atom is 0.258 e. The van der Waals surface area contributed by atoms with Crippen molar-refractivity contribution >= 4 is 11.8 Å². The summed E-state index contributed by atoms with van der Waals surface area (Å²) in [6.45, 7) is 4.74. The summed E-state index contributed by atoms with van der Waals surface area (Å²) in [5.74, 6) is 0.651. The minimum absolute atomic E-state index is 0.0195. The predicted octanol–water partition coefficient (Wildman–Crippen LogP) is 0.115. The molecule has 136 valence electrons. The van der Waals surface area contributed by atoms with Gasteiger partial charge in [0.15, 0.2) is 6.61 Å². The van der Waals surface area contributed by atoms with Crippen molar-refractivity contribution in [3.8, 4) is 5.75 Å². The highest BCUT2D eigenvalue weighted by Gasteiger charge is 2.36. The summed E-state index contributed by atoms with van der Waals surface area (Å²) < 4.78 is 10.7. The second kappa shape index (κ2) is 8.82. The number of nitrogens with one attached hydrogen (secondary N) is 1. The number of ether oxygens (including phenoxy) is 2. The lowest BCUT2D eigenvalue weighted by molar-refractivity contribution is -0.134. The minimum atomic E-state index is -0.180. The van der Waals surface area contributed by atoms with Crippen LogP contribution in [-0.2, 0) is 14.3 Å². The molecule has 2 aliphatic heterocycles. The molecule has 2 fully saturated rings. The Labute approximate surface area is 147 Å². The SMILES string of the molecule is O=C(COc1ccccc1)NCCN1CCC(N2CCOCC2)C1=O. The normalized spacial score (nSPS) is 21.4. The highest BCUT2D eigenvalue weighted by molar-refractivity contribution is 5.84. The molecule has 0 saturated carbocycles. The van der Waals surface area contributed by atoms with Gasteiger partial charge in [0.1, 0.15) is 5.75 Å². The number of hydrogen-bond acceptors (Lipinski definition) is 5. The van der Waals surface area contributed by atoms with E-state index in [9.17, 15) is 9.59 Å². The molecule has 3 rings (SSSR count). The average molecular weight is 347 g/mol. The summed E-state index contributed by atoms with van der Waals surface area (Å²) in [5, 5.41) is 2.80. The molecule has 25 heavy (non-hydrogen) atoms. The second-order valence-electron chi connectivity index (χ2n) is 6.23. The quantitative estimate of drug-likeness (QED) is 0.758. The van der Waals surface area contributed by atoms with Crippen molar-refractivity contribution in [3.05, 3.63) is 30.3 Å². The molecule has 1 N–H and O–H groups in total. The van der Waals surface area contributed by atoms with Crippen LogP contribution in [0.25, 0.3) is 0 Å². The molecule has 2 saturated heterocycles. The number of amides is 2. The third-order valence-electron chi connectivity index (χ3n) is 4.57. The number of benzene rings is 1. The molecule has 7 heteroatoms.